The Morgan fingerprint density at radius 1 is 1.37 bits per heavy atom. The van der Waals surface area contributed by atoms with E-state index in [0.717, 1.165) is 29.2 Å². The second-order valence-corrected chi connectivity index (χ2v) is 8.82. The van der Waals surface area contributed by atoms with Crippen molar-refractivity contribution in [3.8, 4) is 10.8 Å². The molecule has 0 saturated heterocycles. The molecule has 0 aliphatic heterocycles. The highest BCUT2D eigenvalue weighted by atomic mass is 32.2. The quantitative estimate of drug-likeness (QED) is 0.443. The van der Waals surface area contributed by atoms with Gasteiger partial charge >= 0.3 is 5.97 Å². The maximum absolute atomic E-state index is 11.6. The lowest BCUT2D eigenvalue weighted by atomic mass is 9.90. The maximum Gasteiger partial charge on any atom is 0.337 e. The number of hydrogen-bond donors (Lipinski definition) is 0. The fourth-order valence-corrected chi connectivity index (χ4v) is 5.07. The number of carbonyl (C=O) groups is 1. The topological polar surface area (TPSA) is 65.2 Å². The highest BCUT2D eigenvalue weighted by Gasteiger charge is 2.21. The number of methoxy groups -OCH3 is 1. The van der Waals surface area contributed by atoms with Crippen molar-refractivity contribution in [1.29, 1.82) is 0 Å². The summed E-state index contributed by atoms with van der Waals surface area (Å²) in [5.41, 5.74) is 2.98. The number of aromatic nitrogens is 2. The third kappa shape index (κ3) is 4.09. The molecule has 1 atom stereocenters. The van der Waals surface area contributed by atoms with Crippen molar-refractivity contribution in [2.24, 2.45) is 5.92 Å². The molecular formula is C20H20N2O3S2. The Morgan fingerprint density at radius 3 is 3.11 bits per heavy atom. The van der Waals surface area contributed by atoms with E-state index >= 15 is 0 Å². The van der Waals surface area contributed by atoms with Crippen LogP contribution in [0.5, 0.6) is 0 Å². The number of carbonyl (C=O) groups excluding carboxylic acids is 1. The first-order chi connectivity index (χ1) is 13.1. The van der Waals surface area contributed by atoms with Crippen LogP contribution in [0.4, 0.5) is 0 Å². The standard InChI is InChI=1S/C20H20N2O3S2/c1-12-6-7-16-15(8-12)10-17(27-16)18-21-22-20(25-18)26-11-13-4-3-5-14(9-13)19(23)24-2/h3-5,9-10,12H,6-8,11H2,1-2H3/t12-/m1/s1. The molecule has 0 spiro atoms. The van der Waals surface area contributed by atoms with Crippen LogP contribution in [0.1, 0.15) is 39.7 Å². The van der Waals surface area contributed by atoms with E-state index in [2.05, 4.69) is 23.2 Å². The Morgan fingerprint density at radius 2 is 2.26 bits per heavy atom. The molecule has 5 nitrogen and oxygen atoms in total. The number of rotatable bonds is 5. The lowest BCUT2D eigenvalue weighted by Gasteiger charge is -2.16. The van der Waals surface area contributed by atoms with E-state index in [9.17, 15) is 4.79 Å². The van der Waals surface area contributed by atoms with Crippen molar-refractivity contribution < 1.29 is 13.9 Å². The van der Waals surface area contributed by atoms with Crippen molar-refractivity contribution in [3.63, 3.8) is 0 Å². The van der Waals surface area contributed by atoms with Crippen LogP contribution in [-0.4, -0.2) is 23.3 Å². The van der Waals surface area contributed by atoms with Gasteiger partial charge in [-0.1, -0.05) is 30.8 Å². The predicted molar refractivity (Wildman–Crippen MR) is 106 cm³/mol. The monoisotopic (exact) mass is 400 g/mol. The largest absolute Gasteiger partial charge is 0.465 e. The number of thioether (sulfide) groups is 1. The summed E-state index contributed by atoms with van der Waals surface area (Å²) in [6.07, 6.45) is 3.54. The van der Waals surface area contributed by atoms with Crippen molar-refractivity contribution in [2.75, 3.05) is 7.11 Å². The first-order valence-electron chi connectivity index (χ1n) is 8.88. The van der Waals surface area contributed by atoms with Crippen LogP contribution in [0.15, 0.2) is 40.0 Å². The van der Waals surface area contributed by atoms with Gasteiger partial charge in [0.25, 0.3) is 11.1 Å². The van der Waals surface area contributed by atoms with Gasteiger partial charge in [-0.05, 0) is 54.5 Å². The third-order valence-corrected chi connectivity index (χ3v) is 6.77. The molecule has 140 valence electrons. The van der Waals surface area contributed by atoms with Crippen LogP contribution >= 0.6 is 23.1 Å². The average Bonchev–Trinajstić information content (AvgIpc) is 3.32. The van der Waals surface area contributed by atoms with Crippen molar-refractivity contribution in [2.45, 2.75) is 37.2 Å². The van der Waals surface area contributed by atoms with Gasteiger partial charge in [0.1, 0.15) is 0 Å². The summed E-state index contributed by atoms with van der Waals surface area (Å²) in [5, 5.41) is 8.92. The Balaban J connectivity index is 1.44. The van der Waals surface area contributed by atoms with Gasteiger partial charge in [-0.3, -0.25) is 0 Å². The molecule has 4 rings (SSSR count). The van der Waals surface area contributed by atoms with E-state index < -0.39 is 0 Å². The zero-order valence-corrected chi connectivity index (χ0v) is 16.9. The zero-order valence-electron chi connectivity index (χ0n) is 15.2. The molecule has 0 fully saturated rings. The number of fused-ring (bicyclic) bond motifs is 1. The molecule has 0 saturated carbocycles. The van der Waals surface area contributed by atoms with Gasteiger partial charge in [0.05, 0.1) is 17.6 Å². The molecular weight excluding hydrogens is 380 g/mol. The molecule has 3 aromatic rings. The highest BCUT2D eigenvalue weighted by molar-refractivity contribution is 7.98. The van der Waals surface area contributed by atoms with Crippen molar-refractivity contribution >= 4 is 29.1 Å². The van der Waals surface area contributed by atoms with Crippen LogP contribution in [0.3, 0.4) is 0 Å². The smallest absolute Gasteiger partial charge is 0.337 e. The van der Waals surface area contributed by atoms with Crippen LogP contribution in [0, 0.1) is 5.92 Å². The SMILES string of the molecule is COC(=O)c1cccc(CSc2nnc(-c3cc4c(s3)CC[C@@H](C)C4)o2)c1. The minimum Gasteiger partial charge on any atom is -0.465 e. The minimum absolute atomic E-state index is 0.335. The second-order valence-electron chi connectivity index (χ2n) is 6.76. The number of esters is 1. The van der Waals surface area contributed by atoms with E-state index in [4.69, 9.17) is 9.15 Å². The van der Waals surface area contributed by atoms with Gasteiger partial charge in [0.2, 0.25) is 0 Å². The van der Waals surface area contributed by atoms with E-state index in [0.29, 0.717) is 22.4 Å². The molecule has 1 aliphatic carbocycles. The molecule has 0 radical (unpaired) electrons. The van der Waals surface area contributed by atoms with E-state index in [1.807, 2.05) is 18.2 Å². The summed E-state index contributed by atoms with van der Waals surface area (Å²) < 4.78 is 10.6. The summed E-state index contributed by atoms with van der Waals surface area (Å²) in [4.78, 5) is 14.1. The number of benzene rings is 1. The summed E-state index contributed by atoms with van der Waals surface area (Å²) in [7, 11) is 1.38. The van der Waals surface area contributed by atoms with E-state index in [-0.39, 0.29) is 5.97 Å². The lowest BCUT2D eigenvalue weighted by Crippen LogP contribution is -2.07. The molecule has 0 amide bonds. The summed E-state index contributed by atoms with van der Waals surface area (Å²) >= 11 is 3.23. The fourth-order valence-electron chi connectivity index (χ4n) is 3.23. The van der Waals surface area contributed by atoms with E-state index in [1.165, 1.54) is 35.7 Å². The minimum atomic E-state index is -0.335. The summed E-state index contributed by atoms with van der Waals surface area (Å²) in [5.74, 6) is 1.64. The van der Waals surface area contributed by atoms with Crippen LogP contribution in [0.2, 0.25) is 0 Å². The Hall–Kier alpha value is -2.12. The van der Waals surface area contributed by atoms with Crippen molar-refractivity contribution in [1.82, 2.24) is 10.2 Å². The summed E-state index contributed by atoms with van der Waals surface area (Å²) in [6, 6.07) is 9.58. The third-order valence-electron chi connectivity index (χ3n) is 4.66. The Bertz CT molecular complexity index is 964. The molecule has 0 unspecified atom stereocenters. The molecule has 2 aromatic heterocycles. The Labute approximate surface area is 166 Å². The number of thiophene rings is 1. The van der Waals surface area contributed by atoms with Gasteiger partial charge in [-0.25, -0.2) is 4.79 Å². The lowest BCUT2D eigenvalue weighted by molar-refractivity contribution is 0.0600. The normalized spacial score (nSPS) is 16.1. The molecule has 2 heterocycles. The molecule has 7 heteroatoms. The molecule has 1 aliphatic rings. The van der Waals surface area contributed by atoms with Gasteiger partial charge < -0.3 is 9.15 Å². The van der Waals surface area contributed by atoms with Crippen LogP contribution < -0.4 is 0 Å². The fraction of sp³-hybridized carbons (Fsp3) is 0.350. The predicted octanol–water partition coefficient (Wildman–Crippen LogP) is 5.00. The first-order valence-corrected chi connectivity index (χ1v) is 10.7. The second kappa shape index (κ2) is 7.86. The van der Waals surface area contributed by atoms with Gasteiger partial charge in [0.15, 0.2) is 0 Å². The van der Waals surface area contributed by atoms with E-state index in [1.54, 1.807) is 17.4 Å². The molecule has 0 N–H and O–H groups in total. The van der Waals surface area contributed by atoms with Gasteiger partial charge in [-0.15, -0.1) is 21.5 Å². The van der Waals surface area contributed by atoms with Crippen LogP contribution in [-0.2, 0) is 23.3 Å². The molecule has 1 aromatic carbocycles. The highest BCUT2D eigenvalue weighted by Crippen LogP contribution is 2.37. The number of ether oxygens (including phenoxy) is 1. The molecule has 0 bridgehead atoms. The van der Waals surface area contributed by atoms with Crippen molar-refractivity contribution in [3.05, 3.63) is 51.9 Å². The van der Waals surface area contributed by atoms with Crippen LogP contribution in [0.25, 0.3) is 10.8 Å². The number of aryl methyl sites for hydroxylation is 1. The zero-order chi connectivity index (χ0) is 18.8. The van der Waals surface area contributed by atoms with Gasteiger partial charge in [0, 0.05) is 10.6 Å². The Kier molecular flexibility index (Phi) is 5.31. The number of hydrogen-bond acceptors (Lipinski definition) is 7. The summed E-state index contributed by atoms with van der Waals surface area (Å²) in [6.45, 7) is 2.30. The first kappa shape index (κ1) is 18.3. The molecule has 27 heavy (non-hydrogen) atoms. The number of nitrogens with zero attached hydrogens (tertiary/aromatic N) is 2. The average molecular weight is 401 g/mol. The maximum atomic E-state index is 11.6. The van der Waals surface area contributed by atoms with Gasteiger partial charge in [-0.2, -0.15) is 0 Å².